The number of aromatic nitrogens is 1. The Labute approximate surface area is 77.8 Å². The molecule has 0 N–H and O–H groups in total. The summed E-state index contributed by atoms with van der Waals surface area (Å²) in [4.78, 5) is 4.20. The van der Waals surface area contributed by atoms with Crippen molar-refractivity contribution in [3.63, 3.8) is 0 Å². The number of oxazole rings is 1. The van der Waals surface area contributed by atoms with Crippen LogP contribution in [0.4, 0.5) is 0 Å². The van der Waals surface area contributed by atoms with Gasteiger partial charge in [0.25, 0.3) is 0 Å². The van der Waals surface area contributed by atoms with Crippen LogP contribution in [0.15, 0.2) is 22.6 Å². The molecule has 0 atom stereocenters. The molecule has 0 aliphatic heterocycles. The van der Waals surface area contributed by atoms with E-state index >= 15 is 0 Å². The third-order valence-corrected chi connectivity index (χ3v) is 2.13. The number of hydrogen-bond acceptors (Lipinski definition) is 2. The molecule has 0 fully saturated rings. The van der Waals surface area contributed by atoms with Crippen LogP contribution in [0.25, 0.3) is 11.1 Å². The smallest absolute Gasteiger partial charge is 0.192 e. The lowest BCUT2D eigenvalue weighted by molar-refractivity contribution is 0.561. The zero-order valence-electron chi connectivity index (χ0n) is 5.97. The number of nitrogens with zero attached hydrogens (tertiary/aromatic N) is 1. The largest absolute Gasteiger partial charge is 0.441 e. The predicted molar refractivity (Wildman–Crippen MR) is 51.5 cm³/mol. The summed E-state index contributed by atoms with van der Waals surface area (Å²) in [5.41, 5.74) is 1.80. The van der Waals surface area contributed by atoms with Gasteiger partial charge < -0.3 is 4.42 Å². The number of hydrogen-bond donors (Lipinski definition) is 0. The Morgan fingerprint density at radius 2 is 2.27 bits per heavy atom. The van der Waals surface area contributed by atoms with Gasteiger partial charge in [0.2, 0.25) is 0 Å². The van der Waals surface area contributed by atoms with Crippen molar-refractivity contribution in [1.29, 1.82) is 0 Å². The zero-order chi connectivity index (χ0) is 7.84. The first-order valence-electron chi connectivity index (χ1n) is 3.28. The summed E-state index contributed by atoms with van der Waals surface area (Å²) in [5.74, 6) is 0.724. The lowest BCUT2D eigenvalue weighted by Crippen LogP contribution is -1.70. The van der Waals surface area contributed by atoms with Gasteiger partial charge in [-0.15, -0.1) is 0 Å². The Kier molecular flexibility index (Phi) is 1.60. The molecule has 2 rings (SSSR count). The van der Waals surface area contributed by atoms with Crippen molar-refractivity contribution in [2.24, 2.45) is 0 Å². The monoisotopic (exact) mass is 259 g/mol. The van der Waals surface area contributed by atoms with E-state index in [0.717, 1.165) is 17.0 Å². The molecule has 0 spiro atoms. The first kappa shape index (κ1) is 7.09. The summed E-state index contributed by atoms with van der Waals surface area (Å²) in [6.45, 7) is 1.85. The van der Waals surface area contributed by atoms with Crippen LogP contribution in [0.3, 0.4) is 0 Å². The minimum Gasteiger partial charge on any atom is -0.441 e. The van der Waals surface area contributed by atoms with Crippen LogP contribution in [0, 0.1) is 10.5 Å². The van der Waals surface area contributed by atoms with Gasteiger partial charge in [-0.05, 0) is 40.8 Å². The Bertz CT molecular complexity index is 394. The van der Waals surface area contributed by atoms with Gasteiger partial charge in [0, 0.05) is 10.5 Å². The second-order valence-electron chi connectivity index (χ2n) is 2.34. The molecule has 0 aliphatic carbocycles. The van der Waals surface area contributed by atoms with Gasteiger partial charge >= 0.3 is 0 Å². The fraction of sp³-hybridized carbons (Fsp3) is 0.125. The van der Waals surface area contributed by atoms with Crippen molar-refractivity contribution < 1.29 is 4.42 Å². The first-order valence-corrected chi connectivity index (χ1v) is 4.36. The predicted octanol–water partition coefficient (Wildman–Crippen LogP) is 2.74. The summed E-state index contributed by atoms with van der Waals surface area (Å²) >= 11 is 2.26. The lowest BCUT2D eigenvalue weighted by Gasteiger charge is -1.86. The van der Waals surface area contributed by atoms with Gasteiger partial charge in [0.05, 0.1) is 0 Å². The number of rotatable bonds is 0. The molecule has 0 amide bonds. The van der Waals surface area contributed by atoms with Crippen LogP contribution in [0.5, 0.6) is 0 Å². The van der Waals surface area contributed by atoms with E-state index in [1.54, 1.807) is 0 Å². The SMILES string of the molecule is Cc1nc2cc(I)ccc2o1. The molecule has 0 bridgehead atoms. The van der Waals surface area contributed by atoms with Crippen LogP contribution < -0.4 is 0 Å². The van der Waals surface area contributed by atoms with Gasteiger partial charge in [-0.3, -0.25) is 0 Å². The maximum atomic E-state index is 5.31. The van der Waals surface area contributed by atoms with Crippen LogP contribution >= 0.6 is 22.6 Å². The lowest BCUT2D eigenvalue weighted by atomic mass is 10.3. The molecule has 3 heteroatoms. The maximum Gasteiger partial charge on any atom is 0.192 e. The van der Waals surface area contributed by atoms with Gasteiger partial charge in [-0.1, -0.05) is 0 Å². The average molecular weight is 259 g/mol. The summed E-state index contributed by atoms with van der Waals surface area (Å²) in [5, 5.41) is 0. The minimum absolute atomic E-state index is 0.724. The van der Waals surface area contributed by atoms with Gasteiger partial charge in [0.1, 0.15) is 5.52 Å². The Morgan fingerprint density at radius 3 is 3.09 bits per heavy atom. The molecule has 0 aliphatic rings. The highest BCUT2D eigenvalue weighted by molar-refractivity contribution is 14.1. The van der Waals surface area contributed by atoms with E-state index in [4.69, 9.17) is 4.42 Å². The summed E-state index contributed by atoms with van der Waals surface area (Å²) < 4.78 is 6.49. The molecule has 0 radical (unpaired) electrons. The van der Waals surface area contributed by atoms with E-state index in [1.807, 2.05) is 25.1 Å². The van der Waals surface area contributed by atoms with E-state index in [0.29, 0.717) is 0 Å². The highest BCUT2D eigenvalue weighted by Gasteiger charge is 2.00. The van der Waals surface area contributed by atoms with Crippen molar-refractivity contribution in [1.82, 2.24) is 4.98 Å². The molecule has 0 saturated carbocycles. The van der Waals surface area contributed by atoms with Crippen LogP contribution in [0.2, 0.25) is 0 Å². The van der Waals surface area contributed by atoms with E-state index in [-0.39, 0.29) is 0 Å². The summed E-state index contributed by atoms with van der Waals surface area (Å²) in [7, 11) is 0. The molecule has 11 heavy (non-hydrogen) atoms. The number of benzene rings is 1. The standard InChI is InChI=1S/C8H6INO/c1-5-10-7-4-6(9)2-3-8(7)11-5/h2-4H,1H3. The first-order chi connectivity index (χ1) is 5.25. The van der Waals surface area contributed by atoms with Gasteiger partial charge in [-0.2, -0.15) is 0 Å². The van der Waals surface area contributed by atoms with Crippen molar-refractivity contribution in [2.75, 3.05) is 0 Å². The molecule has 2 nitrogen and oxygen atoms in total. The average Bonchev–Trinajstić information content (AvgIpc) is 2.27. The quantitative estimate of drug-likeness (QED) is 0.680. The fourth-order valence-corrected chi connectivity index (χ4v) is 1.49. The number of aryl methyl sites for hydroxylation is 1. The van der Waals surface area contributed by atoms with Crippen molar-refractivity contribution in [3.05, 3.63) is 27.7 Å². The maximum absolute atomic E-state index is 5.31. The second kappa shape index (κ2) is 2.48. The van der Waals surface area contributed by atoms with Gasteiger partial charge in [-0.25, -0.2) is 4.98 Å². The van der Waals surface area contributed by atoms with Crippen LogP contribution in [-0.2, 0) is 0 Å². The molecular weight excluding hydrogens is 253 g/mol. The second-order valence-corrected chi connectivity index (χ2v) is 3.59. The highest BCUT2D eigenvalue weighted by atomic mass is 127. The molecule has 0 unspecified atom stereocenters. The fourth-order valence-electron chi connectivity index (χ4n) is 1.02. The number of fused-ring (bicyclic) bond motifs is 1. The molecule has 1 aromatic heterocycles. The number of halogens is 1. The van der Waals surface area contributed by atoms with E-state index < -0.39 is 0 Å². The highest BCUT2D eigenvalue weighted by Crippen LogP contribution is 2.17. The molecular formula is C8H6INO. The molecule has 1 aromatic carbocycles. The van der Waals surface area contributed by atoms with Crippen molar-refractivity contribution in [3.8, 4) is 0 Å². The Balaban J connectivity index is 2.82. The normalized spacial score (nSPS) is 10.7. The zero-order valence-corrected chi connectivity index (χ0v) is 8.12. The molecule has 0 saturated heterocycles. The van der Waals surface area contributed by atoms with E-state index in [1.165, 1.54) is 3.57 Å². The molecule has 1 heterocycles. The topological polar surface area (TPSA) is 26.0 Å². The Hall–Kier alpha value is -0.580. The summed E-state index contributed by atoms with van der Waals surface area (Å²) in [6, 6.07) is 5.96. The summed E-state index contributed by atoms with van der Waals surface area (Å²) in [6.07, 6.45) is 0. The van der Waals surface area contributed by atoms with E-state index in [9.17, 15) is 0 Å². The van der Waals surface area contributed by atoms with Crippen molar-refractivity contribution in [2.45, 2.75) is 6.92 Å². The van der Waals surface area contributed by atoms with Crippen LogP contribution in [-0.4, -0.2) is 4.98 Å². The minimum atomic E-state index is 0.724. The van der Waals surface area contributed by atoms with Crippen LogP contribution in [0.1, 0.15) is 5.89 Å². The van der Waals surface area contributed by atoms with Gasteiger partial charge in [0.15, 0.2) is 11.5 Å². The Morgan fingerprint density at radius 1 is 1.45 bits per heavy atom. The molecule has 56 valence electrons. The third-order valence-electron chi connectivity index (χ3n) is 1.46. The van der Waals surface area contributed by atoms with Crippen molar-refractivity contribution >= 4 is 33.7 Å². The third kappa shape index (κ3) is 1.24. The van der Waals surface area contributed by atoms with E-state index in [2.05, 4.69) is 27.6 Å². The molecule has 2 aromatic rings.